The molecule has 3 nitrogen and oxygen atoms in total. The Balaban J connectivity index is 1.55. The maximum atomic E-state index is 12.5. The lowest BCUT2D eigenvalue weighted by molar-refractivity contribution is -0.923. The van der Waals surface area contributed by atoms with Crippen molar-refractivity contribution in [1.29, 1.82) is 0 Å². The summed E-state index contributed by atoms with van der Waals surface area (Å²) in [7, 11) is 0. The molecule has 2 heterocycles. The zero-order valence-corrected chi connectivity index (χ0v) is 12.4. The van der Waals surface area contributed by atoms with Gasteiger partial charge >= 0.3 is 0 Å². The molecule has 1 saturated carbocycles. The molecule has 108 valence electrons. The van der Waals surface area contributed by atoms with Gasteiger partial charge in [0.05, 0.1) is 12.6 Å². The summed E-state index contributed by atoms with van der Waals surface area (Å²) in [6.07, 6.45) is 8.93. The molecule has 0 aromatic heterocycles. The van der Waals surface area contributed by atoms with Crippen LogP contribution in [0.3, 0.4) is 0 Å². The summed E-state index contributed by atoms with van der Waals surface area (Å²) in [5, 5.41) is 0. The predicted octanol–water partition coefficient (Wildman–Crippen LogP) is 0.887. The van der Waals surface area contributed by atoms with Gasteiger partial charge in [0.2, 0.25) is 0 Å². The van der Waals surface area contributed by atoms with Crippen LogP contribution < -0.4 is 4.90 Å². The third kappa shape index (κ3) is 2.87. The summed E-state index contributed by atoms with van der Waals surface area (Å²) in [5.74, 6) is 0.961. The van der Waals surface area contributed by atoms with Crippen LogP contribution in [-0.4, -0.2) is 48.9 Å². The van der Waals surface area contributed by atoms with Crippen LogP contribution in [0.15, 0.2) is 0 Å². The van der Waals surface area contributed by atoms with Crippen molar-refractivity contribution in [2.24, 2.45) is 5.92 Å². The molecular formula is C16H29N2O+. The van der Waals surface area contributed by atoms with E-state index in [0.29, 0.717) is 17.7 Å². The Hall–Kier alpha value is -0.410. The first-order chi connectivity index (χ1) is 9.25. The van der Waals surface area contributed by atoms with Crippen molar-refractivity contribution in [3.8, 4) is 0 Å². The summed E-state index contributed by atoms with van der Waals surface area (Å²) in [5.41, 5.74) is 0. The second kappa shape index (κ2) is 5.92. The van der Waals surface area contributed by atoms with E-state index in [1.165, 1.54) is 51.7 Å². The Morgan fingerprint density at radius 3 is 2.68 bits per heavy atom. The van der Waals surface area contributed by atoms with E-state index in [9.17, 15) is 4.79 Å². The molecule has 0 aromatic rings. The van der Waals surface area contributed by atoms with Crippen molar-refractivity contribution in [3.05, 3.63) is 0 Å². The zero-order chi connectivity index (χ0) is 13.2. The fourth-order valence-electron chi connectivity index (χ4n) is 4.52. The molecule has 2 aliphatic heterocycles. The normalized spacial score (nSPS) is 37.2. The molecule has 3 atom stereocenters. The van der Waals surface area contributed by atoms with Crippen LogP contribution in [0, 0.1) is 5.92 Å². The van der Waals surface area contributed by atoms with E-state index < -0.39 is 0 Å². The summed E-state index contributed by atoms with van der Waals surface area (Å²) in [4.78, 5) is 16.7. The van der Waals surface area contributed by atoms with Crippen LogP contribution in [0.5, 0.6) is 0 Å². The third-order valence-corrected chi connectivity index (χ3v) is 5.82. The number of quaternary nitrogens is 1. The molecule has 1 N–H and O–H groups in total. The van der Waals surface area contributed by atoms with Crippen molar-refractivity contribution >= 4 is 5.78 Å². The van der Waals surface area contributed by atoms with E-state index >= 15 is 0 Å². The Morgan fingerprint density at radius 1 is 1.11 bits per heavy atom. The number of carbonyl (C=O) groups is 1. The zero-order valence-electron chi connectivity index (χ0n) is 12.4. The number of hydrogen-bond donors (Lipinski definition) is 1. The number of piperazine rings is 1. The largest absolute Gasteiger partial charge is 0.324 e. The number of carbonyl (C=O) groups excluding carboxylic acids is 1. The van der Waals surface area contributed by atoms with Crippen LogP contribution in [0.4, 0.5) is 0 Å². The number of nitrogens with one attached hydrogen (secondary N) is 1. The molecule has 0 aromatic carbocycles. The lowest BCUT2D eigenvalue weighted by atomic mass is 9.86. The highest BCUT2D eigenvalue weighted by Gasteiger charge is 2.40. The molecule has 3 fully saturated rings. The Bertz CT molecular complexity index is 325. The van der Waals surface area contributed by atoms with Crippen molar-refractivity contribution in [2.45, 2.75) is 64.0 Å². The van der Waals surface area contributed by atoms with Gasteiger partial charge in [0.1, 0.15) is 12.6 Å². The Morgan fingerprint density at radius 2 is 1.89 bits per heavy atom. The highest BCUT2D eigenvalue weighted by atomic mass is 16.1. The Kier molecular flexibility index (Phi) is 4.23. The summed E-state index contributed by atoms with van der Waals surface area (Å²) in [6, 6.07) is 1.41. The van der Waals surface area contributed by atoms with Crippen molar-refractivity contribution in [3.63, 3.8) is 0 Å². The molecule has 0 spiro atoms. The van der Waals surface area contributed by atoms with Gasteiger partial charge in [-0.2, -0.15) is 0 Å². The van der Waals surface area contributed by atoms with Gasteiger partial charge in [0.15, 0.2) is 5.78 Å². The molecule has 19 heavy (non-hydrogen) atoms. The first-order valence-electron chi connectivity index (χ1n) is 8.37. The van der Waals surface area contributed by atoms with E-state index in [4.69, 9.17) is 0 Å². The summed E-state index contributed by atoms with van der Waals surface area (Å²) >= 11 is 0. The van der Waals surface area contributed by atoms with E-state index in [2.05, 4.69) is 11.8 Å². The average molecular weight is 265 g/mol. The molecule has 1 aliphatic carbocycles. The maximum Gasteiger partial charge on any atom is 0.189 e. The number of rotatable bonds is 3. The quantitative estimate of drug-likeness (QED) is 0.819. The van der Waals surface area contributed by atoms with Crippen LogP contribution in [0.25, 0.3) is 0 Å². The SMILES string of the molecule is CC1C2CCCN2CC[NH+]1CC(=O)C1CCCCC1. The Labute approximate surface area is 117 Å². The van der Waals surface area contributed by atoms with E-state index in [0.717, 1.165) is 25.4 Å². The van der Waals surface area contributed by atoms with Gasteiger partial charge in [-0.1, -0.05) is 19.3 Å². The monoisotopic (exact) mass is 265 g/mol. The third-order valence-electron chi connectivity index (χ3n) is 5.82. The highest BCUT2D eigenvalue weighted by molar-refractivity contribution is 5.81. The van der Waals surface area contributed by atoms with E-state index in [-0.39, 0.29) is 0 Å². The second-order valence-corrected chi connectivity index (χ2v) is 6.92. The molecule has 0 radical (unpaired) electrons. The minimum absolute atomic E-state index is 0.398. The van der Waals surface area contributed by atoms with Crippen molar-refractivity contribution in [1.82, 2.24) is 4.90 Å². The van der Waals surface area contributed by atoms with Crippen molar-refractivity contribution in [2.75, 3.05) is 26.2 Å². The molecule has 2 saturated heterocycles. The predicted molar refractivity (Wildman–Crippen MR) is 76.3 cm³/mol. The first-order valence-corrected chi connectivity index (χ1v) is 8.37. The number of Topliss-reactive ketones (excluding diaryl/α,β-unsaturated/α-hetero) is 1. The van der Waals surface area contributed by atoms with Gasteiger partial charge in [-0.05, 0) is 39.2 Å². The van der Waals surface area contributed by atoms with Crippen LogP contribution >= 0.6 is 0 Å². The fourth-order valence-corrected chi connectivity index (χ4v) is 4.52. The van der Waals surface area contributed by atoms with E-state index in [1.54, 1.807) is 4.90 Å². The summed E-state index contributed by atoms with van der Waals surface area (Å²) < 4.78 is 0. The first kappa shape index (κ1) is 13.6. The average Bonchev–Trinajstić information content (AvgIpc) is 2.92. The lowest BCUT2D eigenvalue weighted by Crippen LogP contribution is -3.19. The minimum Gasteiger partial charge on any atom is -0.324 e. The van der Waals surface area contributed by atoms with Crippen molar-refractivity contribution < 1.29 is 9.69 Å². The van der Waals surface area contributed by atoms with Gasteiger partial charge < -0.3 is 4.90 Å². The molecule has 0 bridgehead atoms. The molecule has 3 unspecified atom stereocenters. The lowest BCUT2D eigenvalue weighted by Gasteiger charge is -2.40. The van der Waals surface area contributed by atoms with Crippen LogP contribution in [0.1, 0.15) is 51.9 Å². The smallest absolute Gasteiger partial charge is 0.189 e. The molecular weight excluding hydrogens is 236 g/mol. The molecule has 3 heteroatoms. The van der Waals surface area contributed by atoms with E-state index in [1.807, 2.05) is 0 Å². The summed E-state index contributed by atoms with van der Waals surface area (Å²) in [6.45, 7) is 6.85. The fraction of sp³-hybridized carbons (Fsp3) is 0.938. The molecule has 3 aliphatic rings. The van der Waals surface area contributed by atoms with Gasteiger partial charge in [-0.15, -0.1) is 0 Å². The van der Waals surface area contributed by atoms with Gasteiger partial charge in [0, 0.05) is 12.5 Å². The second-order valence-electron chi connectivity index (χ2n) is 6.92. The number of fused-ring (bicyclic) bond motifs is 1. The minimum atomic E-state index is 0.398. The van der Waals surface area contributed by atoms with Gasteiger partial charge in [-0.3, -0.25) is 9.69 Å². The molecule has 0 amide bonds. The maximum absolute atomic E-state index is 12.5. The van der Waals surface area contributed by atoms with Gasteiger partial charge in [-0.25, -0.2) is 0 Å². The van der Waals surface area contributed by atoms with Crippen LogP contribution in [-0.2, 0) is 4.79 Å². The highest BCUT2D eigenvalue weighted by Crippen LogP contribution is 2.24. The molecule has 3 rings (SSSR count). The number of ketones is 1. The number of nitrogens with zero attached hydrogens (tertiary/aromatic N) is 1. The van der Waals surface area contributed by atoms with Gasteiger partial charge in [0.25, 0.3) is 0 Å². The van der Waals surface area contributed by atoms with Crippen LogP contribution in [0.2, 0.25) is 0 Å². The standard InChI is InChI=1S/C16H28N2O/c1-13-15-8-5-9-17(15)10-11-18(13)12-16(19)14-6-3-2-4-7-14/h13-15H,2-12H2,1H3/p+1. The topological polar surface area (TPSA) is 24.8 Å². The number of hydrogen-bond acceptors (Lipinski definition) is 2.